The molecule has 1 aliphatic rings. The Morgan fingerprint density at radius 1 is 1.43 bits per heavy atom. The second kappa shape index (κ2) is 1.09. The third-order valence-corrected chi connectivity index (χ3v) is 1.38. The van der Waals surface area contributed by atoms with Crippen LogP contribution in [0.5, 0.6) is 0 Å². The first kappa shape index (κ1) is 4.82. The molecule has 1 fully saturated rings. The molecule has 0 saturated heterocycles. The van der Waals surface area contributed by atoms with Gasteiger partial charge >= 0.3 is 0 Å². The third kappa shape index (κ3) is 0.817. The molecule has 1 saturated carbocycles. The molecule has 0 radical (unpaired) electrons. The number of hydrogen-bond acceptors (Lipinski definition) is 1. The lowest BCUT2D eigenvalue weighted by Crippen LogP contribution is -2.30. The first-order valence-electron chi connectivity index (χ1n) is 2.66. The lowest BCUT2D eigenvalue weighted by Gasteiger charge is -2.34. The molecule has 0 atom stereocenters. The number of nitrogens with one attached hydrogen (secondary N) is 1. The van der Waals surface area contributed by atoms with Gasteiger partial charge in [-0.1, -0.05) is 13.8 Å². The molecule has 0 aromatic heterocycles. The molecule has 0 heterocycles. The van der Waals surface area contributed by atoms with Crippen LogP contribution in [0.25, 0.3) is 0 Å². The summed E-state index contributed by atoms with van der Waals surface area (Å²) < 4.78 is 0. The van der Waals surface area contributed by atoms with Crippen molar-refractivity contribution in [2.45, 2.75) is 26.7 Å². The molecular formula is C6H11N. The SMILES string of the molecule is CC1(C)CC(=N)C1. The van der Waals surface area contributed by atoms with E-state index in [4.69, 9.17) is 5.41 Å². The van der Waals surface area contributed by atoms with Gasteiger partial charge in [-0.3, -0.25) is 0 Å². The van der Waals surface area contributed by atoms with E-state index < -0.39 is 0 Å². The summed E-state index contributed by atoms with van der Waals surface area (Å²) in [6, 6.07) is 0. The molecule has 0 unspecified atom stereocenters. The smallest absolute Gasteiger partial charge is 0.0100 e. The molecule has 1 rings (SSSR count). The standard InChI is InChI=1S/C6H11N/c1-6(2)3-5(7)4-6/h7H,3-4H2,1-2H3. The maximum absolute atomic E-state index is 7.09. The summed E-state index contributed by atoms with van der Waals surface area (Å²) >= 11 is 0. The summed E-state index contributed by atoms with van der Waals surface area (Å²) in [5, 5.41) is 7.09. The van der Waals surface area contributed by atoms with Crippen LogP contribution in [0.4, 0.5) is 0 Å². The van der Waals surface area contributed by atoms with Gasteiger partial charge in [-0.05, 0) is 18.3 Å². The Hall–Kier alpha value is -0.330. The minimum atomic E-state index is 0.469. The highest BCUT2D eigenvalue weighted by Gasteiger charge is 2.30. The predicted molar refractivity (Wildman–Crippen MR) is 30.7 cm³/mol. The lowest BCUT2D eigenvalue weighted by atomic mass is 9.71. The predicted octanol–water partition coefficient (Wildman–Crippen LogP) is 1.83. The normalized spacial score (nSPS) is 26.9. The van der Waals surface area contributed by atoms with E-state index in [9.17, 15) is 0 Å². The fourth-order valence-electron chi connectivity index (χ4n) is 1.10. The molecule has 0 bridgehead atoms. The van der Waals surface area contributed by atoms with Crippen molar-refractivity contribution in [3.8, 4) is 0 Å². The van der Waals surface area contributed by atoms with E-state index in [0.717, 1.165) is 18.6 Å². The van der Waals surface area contributed by atoms with E-state index >= 15 is 0 Å². The van der Waals surface area contributed by atoms with Gasteiger partial charge in [0.05, 0.1) is 0 Å². The molecule has 0 aromatic rings. The zero-order valence-electron chi connectivity index (χ0n) is 4.91. The molecular weight excluding hydrogens is 86.1 g/mol. The molecule has 0 aromatic carbocycles. The Balaban J connectivity index is 2.43. The molecule has 7 heavy (non-hydrogen) atoms. The Labute approximate surface area is 44.2 Å². The van der Waals surface area contributed by atoms with Crippen LogP contribution in [-0.4, -0.2) is 5.71 Å². The van der Waals surface area contributed by atoms with Crippen LogP contribution in [0.3, 0.4) is 0 Å². The Bertz CT molecular complexity index is 92.7. The van der Waals surface area contributed by atoms with Gasteiger partial charge in [0.1, 0.15) is 0 Å². The zero-order valence-corrected chi connectivity index (χ0v) is 4.91. The van der Waals surface area contributed by atoms with Crippen molar-refractivity contribution in [3.63, 3.8) is 0 Å². The Kier molecular flexibility index (Phi) is 0.748. The maximum Gasteiger partial charge on any atom is 0.0100 e. The van der Waals surface area contributed by atoms with Crippen LogP contribution in [0, 0.1) is 10.8 Å². The van der Waals surface area contributed by atoms with Gasteiger partial charge < -0.3 is 5.41 Å². The van der Waals surface area contributed by atoms with Crippen LogP contribution in [0.15, 0.2) is 0 Å². The topological polar surface area (TPSA) is 23.9 Å². The summed E-state index contributed by atoms with van der Waals surface area (Å²) in [7, 11) is 0. The summed E-state index contributed by atoms with van der Waals surface area (Å²) in [4.78, 5) is 0. The van der Waals surface area contributed by atoms with Gasteiger partial charge in [0.2, 0.25) is 0 Å². The van der Waals surface area contributed by atoms with Gasteiger partial charge in [0.25, 0.3) is 0 Å². The van der Waals surface area contributed by atoms with Gasteiger partial charge in [-0.2, -0.15) is 0 Å². The average molecular weight is 97.2 g/mol. The highest BCUT2D eigenvalue weighted by Crippen LogP contribution is 2.36. The van der Waals surface area contributed by atoms with Crippen molar-refractivity contribution in [1.29, 1.82) is 5.41 Å². The lowest BCUT2D eigenvalue weighted by molar-refractivity contribution is 0.338. The average Bonchev–Trinajstić information content (AvgIpc) is 1.27. The van der Waals surface area contributed by atoms with Crippen LogP contribution in [0.2, 0.25) is 0 Å². The first-order chi connectivity index (χ1) is 3.10. The van der Waals surface area contributed by atoms with Gasteiger partial charge in [0.15, 0.2) is 0 Å². The Morgan fingerprint density at radius 2 is 1.86 bits per heavy atom. The van der Waals surface area contributed by atoms with Crippen molar-refractivity contribution in [2.75, 3.05) is 0 Å². The summed E-state index contributed by atoms with van der Waals surface area (Å²) in [6.45, 7) is 4.40. The van der Waals surface area contributed by atoms with E-state index in [-0.39, 0.29) is 0 Å². The molecule has 1 aliphatic carbocycles. The molecule has 1 heteroatoms. The summed E-state index contributed by atoms with van der Waals surface area (Å²) in [6.07, 6.45) is 2.04. The van der Waals surface area contributed by atoms with Crippen LogP contribution in [-0.2, 0) is 0 Å². The van der Waals surface area contributed by atoms with Crippen molar-refractivity contribution in [3.05, 3.63) is 0 Å². The van der Waals surface area contributed by atoms with E-state index in [0.29, 0.717) is 5.41 Å². The van der Waals surface area contributed by atoms with Crippen LogP contribution >= 0.6 is 0 Å². The molecule has 40 valence electrons. The monoisotopic (exact) mass is 97.1 g/mol. The summed E-state index contributed by atoms with van der Waals surface area (Å²) in [5.41, 5.74) is 1.39. The maximum atomic E-state index is 7.09. The summed E-state index contributed by atoms with van der Waals surface area (Å²) in [5.74, 6) is 0. The number of rotatable bonds is 0. The first-order valence-corrected chi connectivity index (χ1v) is 2.66. The number of hydrogen-bond donors (Lipinski definition) is 1. The van der Waals surface area contributed by atoms with Crippen molar-refractivity contribution in [2.24, 2.45) is 5.41 Å². The van der Waals surface area contributed by atoms with Gasteiger partial charge in [-0.25, -0.2) is 0 Å². The van der Waals surface area contributed by atoms with Crippen molar-refractivity contribution < 1.29 is 0 Å². The van der Waals surface area contributed by atoms with Gasteiger partial charge in [-0.15, -0.1) is 0 Å². The molecule has 0 amide bonds. The van der Waals surface area contributed by atoms with Crippen molar-refractivity contribution >= 4 is 5.71 Å². The molecule has 0 aliphatic heterocycles. The van der Waals surface area contributed by atoms with E-state index in [1.54, 1.807) is 0 Å². The molecule has 0 spiro atoms. The van der Waals surface area contributed by atoms with Gasteiger partial charge in [0, 0.05) is 5.71 Å². The van der Waals surface area contributed by atoms with E-state index in [1.165, 1.54) is 0 Å². The minimum Gasteiger partial charge on any atom is -0.310 e. The van der Waals surface area contributed by atoms with E-state index in [2.05, 4.69) is 13.8 Å². The third-order valence-electron chi connectivity index (χ3n) is 1.38. The highest BCUT2D eigenvalue weighted by molar-refractivity contribution is 5.88. The molecule has 1 N–H and O–H groups in total. The molecule has 1 nitrogen and oxygen atoms in total. The van der Waals surface area contributed by atoms with Crippen LogP contribution < -0.4 is 0 Å². The highest BCUT2D eigenvalue weighted by atomic mass is 14.5. The van der Waals surface area contributed by atoms with Crippen molar-refractivity contribution in [1.82, 2.24) is 0 Å². The quantitative estimate of drug-likeness (QED) is 0.477. The van der Waals surface area contributed by atoms with Crippen LogP contribution in [0.1, 0.15) is 26.7 Å². The second-order valence-electron chi connectivity index (χ2n) is 3.12. The van der Waals surface area contributed by atoms with E-state index in [1.807, 2.05) is 0 Å². The fourth-order valence-corrected chi connectivity index (χ4v) is 1.10. The zero-order chi connectivity index (χ0) is 5.49. The largest absolute Gasteiger partial charge is 0.310 e. The second-order valence-corrected chi connectivity index (χ2v) is 3.12. The fraction of sp³-hybridized carbons (Fsp3) is 0.833. The Morgan fingerprint density at radius 3 is 1.86 bits per heavy atom. The minimum absolute atomic E-state index is 0.469.